The summed E-state index contributed by atoms with van der Waals surface area (Å²) in [5, 5.41) is 5.60. The van der Waals surface area contributed by atoms with Crippen LogP contribution in [0.15, 0.2) is 12.1 Å². The standard InChI is InChI=1S/C15H22N2O3S/c1-10-7-11(2)14(12(3)8-10)17-15(18)16-13-5-4-6-21(19,20)9-13/h7-8,13H,4-6,9H2,1-3H3,(H2,16,17,18). The monoisotopic (exact) mass is 310 g/mol. The second-order valence-corrected chi connectivity index (χ2v) is 8.05. The van der Waals surface area contributed by atoms with E-state index in [2.05, 4.69) is 10.6 Å². The lowest BCUT2D eigenvalue weighted by molar-refractivity contribution is 0.248. The fraction of sp³-hybridized carbons (Fsp3) is 0.533. The molecule has 5 nitrogen and oxygen atoms in total. The molecule has 0 bridgehead atoms. The minimum atomic E-state index is -3.01. The average molecular weight is 310 g/mol. The fourth-order valence-electron chi connectivity index (χ4n) is 2.85. The number of amides is 2. The van der Waals surface area contributed by atoms with Gasteiger partial charge in [-0.3, -0.25) is 0 Å². The number of aryl methyl sites for hydroxylation is 3. The van der Waals surface area contributed by atoms with Crippen LogP contribution in [0.2, 0.25) is 0 Å². The third-order valence-corrected chi connectivity index (χ3v) is 5.53. The van der Waals surface area contributed by atoms with E-state index in [1.54, 1.807) is 0 Å². The predicted octanol–water partition coefficient (Wildman–Crippen LogP) is 2.31. The molecular weight excluding hydrogens is 288 g/mol. The summed E-state index contributed by atoms with van der Waals surface area (Å²) in [6, 6.07) is 3.38. The van der Waals surface area contributed by atoms with Crippen molar-refractivity contribution in [2.24, 2.45) is 0 Å². The zero-order valence-corrected chi connectivity index (χ0v) is 13.5. The number of urea groups is 1. The quantitative estimate of drug-likeness (QED) is 0.880. The summed E-state index contributed by atoms with van der Waals surface area (Å²) in [7, 11) is -3.01. The maximum atomic E-state index is 12.1. The van der Waals surface area contributed by atoms with Crippen LogP contribution in [0.25, 0.3) is 0 Å². The van der Waals surface area contributed by atoms with Crippen LogP contribution < -0.4 is 10.6 Å². The number of carbonyl (C=O) groups excluding carboxylic acids is 1. The Labute approximate surface area is 126 Å². The van der Waals surface area contributed by atoms with Crippen molar-refractivity contribution >= 4 is 21.6 Å². The first-order chi connectivity index (χ1) is 9.77. The summed E-state index contributed by atoms with van der Waals surface area (Å²) in [6.45, 7) is 5.90. The first kappa shape index (κ1) is 15.8. The molecule has 2 N–H and O–H groups in total. The van der Waals surface area contributed by atoms with E-state index in [-0.39, 0.29) is 23.6 Å². The van der Waals surface area contributed by atoms with Crippen molar-refractivity contribution in [1.29, 1.82) is 0 Å². The zero-order valence-electron chi connectivity index (χ0n) is 12.7. The Kier molecular flexibility index (Phi) is 4.56. The lowest BCUT2D eigenvalue weighted by atomic mass is 10.1. The second-order valence-electron chi connectivity index (χ2n) is 5.83. The molecule has 2 amide bonds. The third kappa shape index (κ3) is 4.20. The van der Waals surface area contributed by atoms with Crippen molar-refractivity contribution in [3.63, 3.8) is 0 Å². The van der Waals surface area contributed by atoms with Crippen LogP contribution >= 0.6 is 0 Å². The molecule has 0 spiro atoms. The molecule has 0 aromatic heterocycles. The molecule has 1 heterocycles. The van der Waals surface area contributed by atoms with Gasteiger partial charge in [0.2, 0.25) is 0 Å². The lowest BCUT2D eigenvalue weighted by Crippen LogP contribution is -2.45. The third-order valence-electron chi connectivity index (χ3n) is 3.71. The number of carbonyl (C=O) groups is 1. The molecular formula is C15H22N2O3S. The Morgan fingerprint density at radius 3 is 2.38 bits per heavy atom. The Morgan fingerprint density at radius 2 is 1.81 bits per heavy atom. The molecule has 2 rings (SSSR count). The summed E-state index contributed by atoms with van der Waals surface area (Å²) >= 11 is 0. The SMILES string of the molecule is Cc1cc(C)c(NC(=O)NC2CCCS(=O)(=O)C2)c(C)c1. The number of benzene rings is 1. The fourth-order valence-corrected chi connectivity index (χ4v) is 4.49. The van der Waals surface area contributed by atoms with E-state index in [4.69, 9.17) is 0 Å². The van der Waals surface area contributed by atoms with Gasteiger partial charge in [0, 0.05) is 11.7 Å². The molecule has 1 aliphatic rings. The van der Waals surface area contributed by atoms with Gasteiger partial charge in [-0.25, -0.2) is 13.2 Å². The van der Waals surface area contributed by atoms with Crippen LogP contribution in [0.4, 0.5) is 10.5 Å². The molecule has 0 saturated carbocycles. The molecule has 1 aromatic carbocycles. The maximum Gasteiger partial charge on any atom is 0.319 e. The van der Waals surface area contributed by atoms with Crippen molar-refractivity contribution in [3.05, 3.63) is 28.8 Å². The van der Waals surface area contributed by atoms with E-state index < -0.39 is 9.84 Å². The molecule has 0 aliphatic carbocycles. The van der Waals surface area contributed by atoms with Crippen LogP contribution in [-0.2, 0) is 9.84 Å². The summed E-state index contributed by atoms with van der Waals surface area (Å²) < 4.78 is 23.1. The first-order valence-corrected chi connectivity index (χ1v) is 8.95. The van der Waals surface area contributed by atoms with E-state index in [0.29, 0.717) is 12.8 Å². The van der Waals surface area contributed by atoms with E-state index >= 15 is 0 Å². The Hall–Kier alpha value is -1.56. The molecule has 1 aliphatic heterocycles. The van der Waals surface area contributed by atoms with Crippen LogP contribution in [-0.4, -0.2) is 32.0 Å². The highest BCUT2D eigenvalue weighted by molar-refractivity contribution is 7.91. The Bertz CT molecular complexity index is 630. The number of hydrogen-bond acceptors (Lipinski definition) is 3. The van der Waals surface area contributed by atoms with Crippen LogP contribution in [0.1, 0.15) is 29.5 Å². The van der Waals surface area contributed by atoms with Crippen molar-refractivity contribution in [1.82, 2.24) is 5.32 Å². The van der Waals surface area contributed by atoms with Crippen LogP contribution in [0, 0.1) is 20.8 Å². The topological polar surface area (TPSA) is 75.3 Å². The van der Waals surface area contributed by atoms with Crippen molar-refractivity contribution in [3.8, 4) is 0 Å². The highest BCUT2D eigenvalue weighted by Crippen LogP contribution is 2.22. The van der Waals surface area contributed by atoms with Gasteiger partial charge in [-0.2, -0.15) is 0 Å². The second kappa shape index (κ2) is 6.05. The highest BCUT2D eigenvalue weighted by Gasteiger charge is 2.26. The molecule has 0 radical (unpaired) electrons. The minimum Gasteiger partial charge on any atom is -0.334 e. The van der Waals surface area contributed by atoms with Gasteiger partial charge < -0.3 is 10.6 Å². The summed E-state index contributed by atoms with van der Waals surface area (Å²) in [5.74, 6) is 0.259. The minimum absolute atomic E-state index is 0.0340. The van der Waals surface area contributed by atoms with Crippen molar-refractivity contribution in [2.45, 2.75) is 39.7 Å². The van der Waals surface area contributed by atoms with Crippen LogP contribution in [0.3, 0.4) is 0 Å². The van der Waals surface area contributed by atoms with Gasteiger partial charge in [-0.15, -0.1) is 0 Å². The summed E-state index contributed by atoms with van der Waals surface area (Å²) in [6.07, 6.45) is 1.31. The van der Waals surface area contributed by atoms with Gasteiger partial charge >= 0.3 is 6.03 Å². The van der Waals surface area contributed by atoms with Gasteiger partial charge in [0.15, 0.2) is 9.84 Å². The lowest BCUT2D eigenvalue weighted by Gasteiger charge is -2.23. The average Bonchev–Trinajstić information content (AvgIpc) is 2.32. The van der Waals surface area contributed by atoms with E-state index in [1.807, 2.05) is 32.9 Å². The van der Waals surface area contributed by atoms with Crippen molar-refractivity contribution < 1.29 is 13.2 Å². The smallest absolute Gasteiger partial charge is 0.319 e. The largest absolute Gasteiger partial charge is 0.334 e. The number of hydrogen-bond donors (Lipinski definition) is 2. The number of anilines is 1. The van der Waals surface area contributed by atoms with Gasteiger partial charge in [-0.1, -0.05) is 17.7 Å². The summed E-state index contributed by atoms with van der Waals surface area (Å²) in [5.41, 5.74) is 3.93. The van der Waals surface area contributed by atoms with E-state index in [9.17, 15) is 13.2 Å². The normalized spacial score (nSPS) is 20.8. The Balaban J connectivity index is 2.02. The molecule has 21 heavy (non-hydrogen) atoms. The molecule has 1 saturated heterocycles. The predicted molar refractivity (Wildman–Crippen MR) is 84.5 cm³/mol. The molecule has 1 atom stereocenters. The van der Waals surface area contributed by atoms with Crippen LogP contribution in [0.5, 0.6) is 0 Å². The first-order valence-electron chi connectivity index (χ1n) is 7.12. The highest BCUT2D eigenvalue weighted by atomic mass is 32.2. The molecule has 1 aromatic rings. The number of sulfone groups is 1. The maximum absolute atomic E-state index is 12.1. The van der Waals surface area contributed by atoms with Gasteiger partial charge in [-0.05, 0) is 44.7 Å². The number of nitrogens with one attached hydrogen (secondary N) is 2. The van der Waals surface area contributed by atoms with Gasteiger partial charge in [0.05, 0.1) is 11.5 Å². The zero-order chi connectivity index (χ0) is 15.6. The van der Waals surface area contributed by atoms with E-state index in [1.165, 1.54) is 0 Å². The molecule has 6 heteroatoms. The molecule has 1 unspecified atom stereocenters. The van der Waals surface area contributed by atoms with E-state index in [0.717, 1.165) is 22.4 Å². The number of rotatable bonds is 2. The molecule has 1 fully saturated rings. The Morgan fingerprint density at radius 1 is 1.19 bits per heavy atom. The van der Waals surface area contributed by atoms with Crippen molar-refractivity contribution in [2.75, 3.05) is 16.8 Å². The van der Waals surface area contributed by atoms with Gasteiger partial charge in [0.1, 0.15) is 0 Å². The summed E-state index contributed by atoms with van der Waals surface area (Å²) in [4.78, 5) is 12.1. The van der Waals surface area contributed by atoms with Gasteiger partial charge in [0.25, 0.3) is 0 Å². The molecule has 116 valence electrons.